The molecule has 2 aliphatic heterocycles. The number of benzene rings is 1. The van der Waals surface area contributed by atoms with Gasteiger partial charge in [-0.05, 0) is 30.2 Å². The minimum absolute atomic E-state index is 0.257. The van der Waals surface area contributed by atoms with Gasteiger partial charge in [0, 0.05) is 32.0 Å². The van der Waals surface area contributed by atoms with E-state index in [1.165, 1.54) is 0 Å². The molecule has 2 aromatic rings. The minimum atomic E-state index is -10.7. The first-order chi connectivity index (χ1) is 14.1. The van der Waals surface area contributed by atoms with Gasteiger partial charge in [-0.1, -0.05) is 12.1 Å². The second kappa shape index (κ2) is 7.48. The van der Waals surface area contributed by atoms with E-state index in [2.05, 4.69) is 38.4 Å². The van der Waals surface area contributed by atoms with E-state index >= 15 is 0 Å². The molecule has 2 aliphatic rings. The molecular formula is C15H22F6N6O2P2. The van der Waals surface area contributed by atoms with Crippen molar-refractivity contribution >= 4 is 26.7 Å². The van der Waals surface area contributed by atoms with Crippen molar-refractivity contribution < 1.29 is 29.8 Å². The maximum absolute atomic E-state index is 12.8. The van der Waals surface area contributed by atoms with Crippen molar-refractivity contribution in [3.63, 3.8) is 0 Å². The second-order valence-corrected chi connectivity index (χ2v) is 12.3. The van der Waals surface area contributed by atoms with Gasteiger partial charge in [0.25, 0.3) is 0 Å². The summed E-state index contributed by atoms with van der Waals surface area (Å²) < 4.78 is 72.4. The molecule has 0 bridgehead atoms. The van der Waals surface area contributed by atoms with E-state index in [0.29, 0.717) is 10.9 Å². The number of halogens is 6. The normalized spacial score (nSPS) is 22.6. The zero-order chi connectivity index (χ0) is 23.1. The van der Waals surface area contributed by atoms with Crippen LogP contribution < -0.4 is 10.2 Å². The Kier molecular flexibility index (Phi) is 5.81. The number of fused-ring (bicyclic) bond motifs is 1. The molecule has 0 aliphatic carbocycles. The van der Waals surface area contributed by atoms with Gasteiger partial charge < -0.3 is 0 Å². The van der Waals surface area contributed by atoms with Crippen LogP contribution in [0.15, 0.2) is 29.1 Å². The summed E-state index contributed by atoms with van der Waals surface area (Å²) in [5, 5.41) is 8.70. The number of likely N-dealkylation sites (N-methyl/N-ethyl adjacent to an activating group) is 2. The molecule has 2 saturated heterocycles. The van der Waals surface area contributed by atoms with Gasteiger partial charge in [-0.3, -0.25) is 4.79 Å². The molecule has 0 amide bonds. The first-order valence-electron chi connectivity index (χ1n) is 9.27. The van der Waals surface area contributed by atoms with E-state index in [-0.39, 0.29) is 5.56 Å². The van der Waals surface area contributed by atoms with Crippen LogP contribution in [0.4, 0.5) is 25.2 Å². The Bertz CT molecular complexity index is 993. The van der Waals surface area contributed by atoms with Gasteiger partial charge in [-0.15, -0.1) is 19.1 Å². The van der Waals surface area contributed by atoms with Crippen LogP contribution in [0.3, 0.4) is 0 Å². The van der Waals surface area contributed by atoms with Gasteiger partial charge in [0.1, 0.15) is 5.52 Å². The molecule has 8 nitrogen and oxygen atoms in total. The summed E-state index contributed by atoms with van der Waals surface area (Å²) in [5.41, 5.74) is 0.330. The Morgan fingerprint density at radius 3 is 2.00 bits per heavy atom. The number of rotatable bonds is 3. The van der Waals surface area contributed by atoms with E-state index in [1.54, 1.807) is 12.1 Å². The van der Waals surface area contributed by atoms with E-state index in [1.807, 2.05) is 12.1 Å². The van der Waals surface area contributed by atoms with Crippen LogP contribution >= 0.6 is 15.8 Å². The summed E-state index contributed by atoms with van der Waals surface area (Å²) in [6.45, 7) is 3.80. The van der Waals surface area contributed by atoms with Crippen LogP contribution in [0.1, 0.15) is 12.8 Å². The van der Waals surface area contributed by atoms with Gasteiger partial charge in [0.05, 0.1) is 18.5 Å². The third-order valence-electron chi connectivity index (χ3n) is 4.82. The molecule has 31 heavy (non-hydrogen) atoms. The molecule has 0 spiro atoms. The van der Waals surface area contributed by atoms with Crippen LogP contribution in [-0.2, 0) is 0 Å². The topological polar surface area (TPSA) is 66.7 Å². The Morgan fingerprint density at radius 2 is 1.45 bits per heavy atom. The van der Waals surface area contributed by atoms with Gasteiger partial charge in [-0.25, -0.2) is 0 Å². The Morgan fingerprint density at radius 1 is 0.935 bits per heavy atom. The molecular weight excluding hydrogens is 472 g/mol. The van der Waals surface area contributed by atoms with E-state index in [9.17, 15) is 30.0 Å². The van der Waals surface area contributed by atoms with Crippen LogP contribution in [0.25, 0.3) is 10.9 Å². The summed E-state index contributed by atoms with van der Waals surface area (Å²) in [5.74, 6) is 0. The molecule has 1 aromatic carbocycles. The van der Waals surface area contributed by atoms with E-state index in [0.717, 1.165) is 43.9 Å². The molecule has 0 saturated carbocycles. The Labute approximate surface area is 174 Å². The fraction of sp³-hybridized carbons (Fsp3) is 0.533. The number of nitrogens with zero attached hydrogens (tertiary/aromatic N) is 6. The summed E-state index contributed by atoms with van der Waals surface area (Å²) in [7, 11) is -8.77. The van der Waals surface area contributed by atoms with Crippen LogP contribution in [0, 0.1) is 0 Å². The van der Waals surface area contributed by atoms with Gasteiger partial charge in [-0.2, -0.15) is 4.62 Å². The Balaban J connectivity index is 0.000000339. The van der Waals surface area contributed by atoms with E-state index in [4.69, 9.17) is 4.62 Å². The van der Waals surface area contributed by atoms with Gasteiger partial charge in [0.2, 0.25) is 0 Å². The predicted molar refractivity (Wildman–Crippen MR) is 107 cm³/mol. The summed E-state index contributed by atoms with van der Waals surface area (Å²) >= 11 is 0. The van der Waals surface area contributed by atoms with E-state index < -0.39 is 15.8 Å². The summed E-state index contributed by atoms with van der Waals surface area (Å²) in [4.78, 5) is 13.9. The Hall–Kier alpha value is -1.59. The fourth-order valence-corrected chi connectivity index (χ4v) is 7.07. The molecule has 0 unspecified atom stereocenters. The average Bonchev–Trinajstić information content (AvgIpc) is 3.26. The zero-order valence-electron chi connectivity index (χ0n) is 16.7. The van der Waals surface area contributed by atoms with Gasteiger partial charge >= 0.3 is 46.5 Å². The average molecular weight is 494 g/mol. The first kappa shape index (κ1) is 24.1. The summed E-state index contributed by atoms with van der Waals surface area (Å²) in [6.07, 6.45) is 2.32. The van der Waals surface area contributed by atoms with Crippen molar-refractivity contribution in [3.8, 4) is 0 Å². The number of hydrogen-bond donors (Lipinski definition) is 0. The van der Waals surface area contributed by atoms with Crippen molar-refractivity contribution in [2.75, 3.05) is 40.3 Å². The quantitative estimate of drug-likeness (QED) is 0.467. The molecule has 0 N–H and O–H groups in total. The molecule has 176 valence electrons. The monoisotopic (exact) mass is 494 g/mol. The van der Waals surface area contributed by atoms with Gasteiger partial charge in [0.15, 0.2) is 0 Å². The van der Waals surface area contributed by atoms with Crippen LogP contribution in [0.2, 0.25) is 0 Å². The third-order valence-corrected chi connectivity index (χ3v) is 8.51. The molecule has 3 heterocycles. The second-order valence-electron chi connectivity index (χ2n) is 7.26. The molecule has 4 rings (SSSR count). The third kappa shape index (κ3) is 6.01. The SMILES string of the molecule is CN1CCN(C)[P+]1(On1nnc2ccccc2c1=O)N1CCCC1.F[P-](F)(F)(F)(F)F. The van der Waals surface area contributed by atoms with Crippen molar-refractivity contribution in [1.82, 2.24) is 29.2 Å². The predicted octanol–water partition coefficient (Wildman–Crippen LogP) is 4.25. The molecule has 2 fully saturated rings. The summed E-state index contributed by atoms with van der Waals surface area (Å²) in [6, 6.07) is 7.22. The standard InChI is InChI=1S/C15H22N6O2P.F6P/c1-18-11-12-19(2)24(18,20-9-5-6-10-20)23-21-15(22)13-7-3-4-8-14(13)16-17-21;1-7(2,3,4,5)6/h3-4,7-8H,5-6,9-12H2,1-2H3;/q+1;-1. The molecule has 1 aromatic heterocycles. The van der Waals surface area contributed by atoms with Crippen molar-refractivity contribution in [2.45, 2.75) is 12.8 Å². The maximum atomic E-state index is 12.8. The number of hydrogen-bond acceptors (Lipinski definition) is 7. The fourth-order valence-electron chi connectivity index (χ4n) is 3.51. The van der Waals surface area contributed by atoms with Crippen LogP contribution in [0.5, 0.6) is 0 Å². The first-order valence-corrected chi connectivity index (χ1v) is 12.9. The van der Waals surface area contributed by atoms with Crippen molar-refractivity contribution in [2.24, 2.45) is 0 Å². The zero-order valence-corrected chi connectivity index (χ0v) is 18.5. The molecule has 0 radical (unpaired) electrons. The molecule has 16 heteroatoms. The van der Waals surface area contributed by atoms with Crippen molar-refractivity contribution in [1.29, 1.82) is 0 Å². The van der Waals surface area contributed by atoms with Crippen molar-refractivity contribution in [3.05, 3.63) is 34.6 Å². The number of aromatic nitrogens is 3. The van der Waals surface area contributed by atoms with Crippen LogP contribution in [-0.4, -0.2) is 69.4 Å². The molecule has 0 atom stereocenters.